The monoisotopic (exact) mass is 277 g/mol. The summed E-state index contributed by atoms with van der Waals surface area (Å²) in [6.45, 7) is 6.96. The van der Waals surface area contributed by atoms with E-state index in [2.05, 4.69) is 32.0 Å². The Balaban J connectivity index is 1.70. The zero-order valence-electron chi connectivity index (χ0n) is 12.1. The van der Waals surface area contributed by atoms with Crippen LogP contribution >= 0.6 is 0 Å². The van der Waals surface area contributed by atoms with Crippen LogP contribution in [-0.4, -0.2) is 60.0 Å². The fourth-order valence-electron chi connectivity index (χ4n) is 2.25. The minimum Gasteiger partial charge on any atom is -0.355 e. The van der Waals surface area contributed by atoms with Crippen molar-refractivity contribution in [3.05, 3.63) is 18.6 Å². The average Bonchev–Trinajstić information content (AvgIpc) is 2.49. The summed E-state index contributed by atoms with van der Waals surface area (Å²) in [5.41, 5.74) is 0. The first-order valence-electron chi connectivity index (χ1n) is 7.29. The van der Waals surface area contributed by atoms with Crippen LogP contribution in [0.1, 0.15) is 19.8 Å². The summed E-state index contributed by atoms with van der Waals surface area (Å²) in [4.78, 5) is 24.5. The van der Waals surface area contributed by atoms with Crippen LogP contribution in [0, 0.1) is 0 Å². The number of hydrogen-bond acceptors (Lipinski definition) is 5. The number of hydrogen-bond donors (Lipinski definition) is 1. The Morgan fingerprint density at radius 2 is 2.10 bits per heavy atom. The minimum atomic E-state index is 0.131. The Morgan fingerprint density at radius 1 is 1.30 bits per heavy atom. The van der Waals surface area contributed by atoms with Gasteiger partial charge in [0.2, 0.25) is 5.91 Å². The highest BCUT2D eigenvalue weighted by Gasteiger charge is 2.19. The highest BCUT2D eigenvalue weighted by Crippen LogP contribution is 2.10. The molecule has 0 saturated carbocycles. The second-order valence-electron chi connectivity index (χ2n) is 5.03. The van der Waals surface area contributed by atoms with Crippen LogP contribution in [0.5, 0.6) is 0 Å². The molecule has 1 N–H and O–H groups in total. The van der Waals surface area contributed by atoms with Crippen LogP contribution in [0.15, 0.2) is 18.6 Å². The van der Waals surface area contributed by atoms with E-state index in [-0.39, 0.29) is 5.91 Å². The predicted octanol–water partition coefficient (Wildman–Crippen LogP) is 0.515. The predicted molar refractivity (Wildman–Crippen MR) is 78.6 cm³/mol. The van der Waals surface area contributed by atoms with Crippen LogP contribution in [0.2, 0.25) is 0 Å². The van der Waals surface area contributed by atoms with Crippen molar-refractivity contribution in [2.24, 2.45) is 0 Å². The number of nitrogens with one attached hydrogen (secondary N) is 1. The molecule has 1 saturated heterocycles. The molecule has 1 aliphatic heterocycles. The Kier molecular flexibility index (Phi) is 5.73. The van der Waals surface area contributed by atoms with E-state index in [1.165, 1.54) is 0 Å². The first-order valence-corrected chi connectivity index (χ1v) is 7.29. The number of carbonyl (C=O) groups excluding carboxylic acids is 1. The van der Waals surface area contributed by atoms with Gasteiger partial charge in [0.25, 0.3) is 0 Å². The molecule has 6 heteroatoms. The van der Waals surface area contributed by atoms with Crippen molar-refractivity contribution in [3.8, 4) is 0 Å². The van der Waals surface area contributed by atoms with Gasteiger partial charge in [0.15, 0.2) is 0 Å². The zero-order valence-corrected chi connectivity index (χ0v) is 12.1. The van der Waals surface area contributed by atoms with Crippen LogP contribution in [-0.2, 0) is 4.79 Å². The maximum atomic E-state index is 11.7. The third-order valence-corrected chi connectivity index (χ3v) is 3.47. The fraction of sp³-hybridized carbons (Fsp3) is 0.643. The summed E-state index contributed by atoms with van der Waals surface area (Å²) >= 11 is 0. The van der Waals surface area contributed by atoms with Crippen molar-refractivity contribution in [1.29, 1.82) is 0 Å². The molecular weight excluding hydrogens is 254 g/mol. The summed E-state index contributed by atoms with van der Waals surface area (Å²) in [5.74, 6) is 1.05. The molecule has 1 amide bonds. The van der Waals surface area contributed by atoms with E-state index >= 15 is 0 Å². The van der Waals surface area contributed by atoms with E-state index < -0.39 is 0 Å². The lowest BCUT2D eigenvalue weighted by molar-refractivity contribution is -0.122. The highest BCUT2D eigenvalue weighted by molar-refractivity contribution is 5.78. The molecule has 0 spiro atoms. The third-order valence-electron chi connectivity index (χ3n) is 3.47. The standard InChI is InChI=1S/C14H23N5O/c1-2-3-4-17-14(20)12-18-7-9-19(10-8-18)13-11-15-5-6-16-13/h5-6,11H,2-4,7-10,12H2,1H3,(H,17,20). The molecular formula is C14H23N5O. The molecule has 0 unspecified atom stereocenters. The summed E-state index contributed by atoms with van der Waals surface area (Å²) in [7, 11) is 0. The van der Waals surface area contributed by atoms with Gasteiger partial charge < -0.3 is 10.2 Å². The van der Waals surface area contributed by atoms with Gasteiger partial charge in [-0.05, 0) is 6.42 Å². The lowest BCUT2D eigenvalue weighted by atomic mass is 10.3. The van der Waals surface area contributed by atoms with Gasteiger partial charge in [-0.2, -0.15) is 0 Å². The largest absolute Gasteiger partial charge is 0.355 e. The Hall–Kier alpha value is -1.69. The molecule has 2 heterocycles. The summed E-state index contributed by atoms with van der Waals surface area (Å²) in [5, 5.41) is 2.96. The number of rotatable bonds is 6. The number of unbranched alkanes of at least 4 members (excludes halogenated alkanes) is 1. The second-order valence-corrected chi connectivity index (χ2v) is 5.03. The molecule has 1 fully saturated rings. The average molecular weight is 277 g/mol. The Bertz CT molecular complexity index is 403. The van der Waals surface area contributed by atoms with Crippen LogP contribution in [0.3, 0.4) is 0 Å². The number of amides is 1. The molecule has 1 aromatic rings. The van der Waals surface area contributed by atoms with E-state index in [0.29, 0.717) is 6.54 Å². The van der Waals surface area contributed by atoms with E-state index in [9.17, 15) is 4.79 Å². The maximum absolute atomic E-state index is 11.7. The van der Waals surface area contributed by atoms with Gasteiger partial charge in [0.1, 0.15) is 5.82 Å². The Morgan fingerprint density at radius 3 is 2.75 bits per heavy atom. The van der Waals surface area contributed by atoms with Crippen molar-refractivity contribution < 1.29 is 4.79 Å². The van der Waals surface area contributed by atoms with E-state index in [4.69, 9.17) is 0 Å². The van der Waals surface area contributed by atoms with Crippen LogP contribution in [0.25, 0.3) is 0 Å². The number of aromatic nitrogens is 2. The quantitative estimate of drug-likeness (QED) is 0.768. The molecule has 2 rings (SSSR count). The van der Waals surface area contributed by atoms with Crippen molar-refractivity contribution >= 4 is 11.7 Å². The number of carbonyl (C=O) groups is 1. The van der Waals surface area contributed by atoms with Crippen molar-refractivity contribution in [1.82, 2.24) is 20.2 Å². The van der Waals surface area contributed by atoms with Gasteiger partial charge in [-0.3, -0.25) is 14.7 Å². The minimum absolute atomic E-state index is 0.131. The second kappa shape index (κ2) is 7.79. The highest BCUT2D eigenvalue weighted by atomic mass is 16.2. The smallest absolute Gasteiger partial charge is 0.234 e. The normalized spacial score (nSPS) is 16.1. The molecule has 1 aliphatic rings. The summed E-state index contributed by atoms with van der Waals surface area (Å²) in [6, 6.07) is 0. The maximum Gasteiger partial charge on any atom is 0.234 e. The Labute approximate surface area is 120 Å². The number of piperazine rings is 1. The molecule has 110 valence electrons. The van der Waals surface area contributed by atoms with E-state index in [0.717, 1.165) is 51.4 Å². The van der Waals surface area contributed by atoms with Gasteiger partial charge in [-0.25, -0.2) is 4.98 Å². The lowest BCUT2D eigenvalue weighted by Crippen LogP contribution is -2.49. The number of nitrogens with zero attached hydrogens (tertiary/aromatic N) is 4. The zero-order chi connectivity index (χ0) is 14.2. The number of anilines is 1. The lowest BCUT2D eigenvalue weighted by Gasteiger charge is -2.34. The van der Waals surface area contributed by atoms with Crippen molar-refractivity contribution in [2.45, 2.75) is 19.8 Å². The molecule has 0 bridgehead atoms. The molecule has 0 atom stereocenters. The first-order chi connectivity index (χ1) is 9.79. The van der Waals surface area contributed by atoms with E-state index in [1.807, 2.05) is 0 Å². The SMILES string of the molecule is CCCCNC(=O)CN1CCN(c2cnccn2)CC1. The van der Waals surface area contributed by atoms with Gasteiger partial charge in [-0.1, -0.05) is 13.3 Å². The van der Waals surface area contributed by atoms with Gasteiger partial charge in [0.05, 0.1) is 12.7 Å². The van der Waals surface area contributed by atoms with Crippen molar-refractivity contribution in [2.75, 3.05) is 44.2 Å². The molecule has 0 aliphatic carbocycles. The summed E-state index contributed by atoms with van der Waals surface area (Å²) in [6.07, 6.45) is 7.33. The molecule has 6 nitrogen and oxygen atoms in total. The van der Waals surface area contributed by atoms with Gasteiger partial charge >= 0.3 is 0 Å². The summed E-state index contributed by atoms with van der Waals surface area (Å²) < 4.78 is 0. The van der Waals surface area contributed by atoms with E-state index in [1.54, 1.807) is 18.6 Å². The fourth-order valence-corrected chi connectivity index (χ4v) is 2.25. The molecule has 20 heavy (non-hydrogen) atoms. The van der Waals surface area contributed by atoms with Gasteiger partial charge in [-0.15, -0.1) is 0 Å². The van der Waals surface area contributed by atoms with Crippen LogP contribution < -0.4 is 10.2 Å². The van der Waals surface area contributed by atoms with Crippen molar-refractivity contribution in [3.63, 3.8) is 0 Å². The first kappa shape index (κ1) is 14.7. The molecule has 1 aromatic heterocycles. The topological polar surface area (TPSA) is 61.4 Å². The van der Waals surface area contributed by atoms with Gasteiger partial charge in [0, 0.05) is 45.1 Å². The third kappa shape index (κ3) is 4.45. The van der Waals surface area contributed by atoms with Crippen LogP contribution in [0.4, 0.5) is 5.82 Å². The molecule has 0 aromatic carbocycles. The molecule has 0 radical (unpaired) electrons.